The molecule has 1 aromatic carbocycles. The Morgan fingerprint density at radius 3 is 2.78 bits per heavy atom. The van der Waals surface area contributed by atoms with Crippen LogP contribution in [0.3, 0.4) is 0 Å². The number of rotatable bonds is 2. The van der Waals surface area contributed by atoms with Crippen LogP contribution in [0.15, 0.2) is 30.3 Å². The van der Waals surface area contributed by atoms with Crippen LogP contribution in [0.2, 0.25) is 0 Å². The molecule has 0 aromatic heterocycles. The molecule has 0 bridgehead atoms. The van der Waals surface area contributed by atoms with Crippen molar-refractivity contribution in [2.24, 2.45) is 5.92 Å². The van der Waals surface area contributed by atoms with Gasteiger partial charge in [0.15, 0.2) is 0 Å². The van der Waals surface area contributed by atoms with Gasteiger partial charge >= 0.3 is 6.09 Å². The number of carbonyl (C=O) groups excluding carboxylic acids is 2. The number of benzene rings is 1. The number of nitrogens with zero attached hydrogens (tertiary/aromatic N) is 1. The van der Waals surface area contributed by atoms with Crippen molar-refractivity contribution in [2.45, 2.75) is 20.0 Å². The predicted molar refractivity (Wildman–Crippen MR) is 67.0 cm³/mol. The fourth-order valence-electron chi connectivity index (χ4n) is 1.99. The molecule has 1 aliphatic heterocycles. The highest BCUT2D eigenvalue weighted by Gasteiger charge is 2.27. The molecule has 1 fully saturated rings. The van der Waals surface area contributed by atoms with Crippen LogP contribution >= 0.6 is 0 Å². The van der Waals surface area contributed by atoms with Crippen LogP contribution in [0.5, 0.6) is 0 Å². The van der Waals surface area contributed by atoms with Gasteiger partial charge in [0.1, 0.15) is 12.4 Å². The maximum absolute atomic E-state index is 11.8. The molecule has 0 aliphatic carbocycles. The average molecular weight is 247 g/mol. The Balaban J connectivity index is 1.83. The van der Waals surface area contributed by atoms with Crippen LogP contribution in [0.4, 0.5) is 4.79 Å². The van der Waals surface area contributed by atoms with Crippen molar-refractivity contribution in [3.8, 4) is 0 Å². The van der Waals surface area contributed by atoms with Crippen LogP contribution in [-0.4, -0.2) is 29.9 Å². The molecule has 18 heavy (non-hydrogen) atoms. The van der Waals surface area contributed by atoms with E-state index in [1.807, 2.05) is 37.3 Å². The summed E-state index contributed by atoms with van der Waals surface area (Å²) in [6.45, 7) is 3.06. The lowest BCUT2D eigenvalue weighted by Gasteiger charge is -2.29. The zero-order valence-electron chi connectivity index (χ0n) is 10.5. The molecular formula is C14H17NO3. The summed E-state index contributed by atoms with van der Waals surface area (Å²) < 4.78 is 5.23. The zero-order valence-corrected chi connectivity index (χ0v) is 10.5. The monoisotopic (exact) mass is 247 g/mol. The number of likely N-dealkylation sites (tertiary alicyclic amines) is 1. The summed E-state index contributed by atoms with van der Waals surface area (Å²) in [6.07, 6.45) is 0.0971. The Morgan fingerprint density at radius 1 is 1.39 bits per heavy atom. The highest BCUT2D eigenvalue weighted by atomic mass is 16.6. The lowest BCUT2D eigenvalue weighted by Crippen LogP contribution is -2.43. The van der Waals surface area contributed by atoms with Gasteiger partial charge in [0, 0.05) is 25.4 Å². The average Bonchev–Trinajstić information content (AvgIpc) is 2.40. The van der Waals surface area contributed by atoms with E-state index in [-0.39, 0.29) is 24.4 Å². The highest BCUT2D eigenvalue weighted by Crippen LogP contribution is 2.13. The maximum atomic E-state index is 11.8. The van der Waals surface area contributed by atoms with Gasteiger partial charge in [-0.25, -0.2) is 4.79 Å². The molecule has 0 N–H and O–H groups in total. The molecule has 0 spiro atoms. The van der Waals surface area contributed by atoms with Gasteiger partial charge < -0.3 is 9.64 Å². The molecule has 0 radical (unpaired) electrons. The van der Waals surface area contributed by atoms with Gasteiger partial charge in [-0.05, 0) is 5.56 Å². The normalized spacial score (nSPS) is 19.7. The lowest BCUT2D eigenvalue weighted by molar-refractivity contribution is -0.125. The van der Waals surface area contributed by atoms with Gasteiger partial charge in [0.2, 0.25) is 0 Å². The standard InChI is InChI=1S/C14H17NO3/c1-11-9-15(8-7-13(11)16)14(17)18-10-12-5-3-2-4-6-12/h2-6,11H,7-10H2,1H3/t11-/m1/s1. The number of carbonyl (C=O) groups is 2. The molecule has 1 saturated heterocycles. The van der Waals surface area contributed by atoms with Crippen molar-refractivity contribution in [3.05, 3.63) is 35.9 Å². The van der Waals surface area contributed by atoms with Crippen LogP contribution in [0, 0.1) is 5.92 Å². The Labute approximate surface area is 107 Å². The second-order valence-electron chi connectivity index (χ2n) is 4.60. The van der Waals surface area contributed by atoms with E-state index in [0.29, 0.717) is 19.5 Å². The molecule has 1 aromatic rings. The number of amides is 1. The first-order valence-corrected chi connectivity index (χ1v) is 6.15. The highest BCUT2D eigenvalue weighted by molar-refractivity contribution is 5.83. The second-order valence-corrected chi connectivity index (χ2v) is 4.60. The number of ketones is 1. The molecule has 1 aliphatic rings. The van der Waals surface area contributed by atoms with Crippen LogP contribution < -0.4 is 0 Å². The molecule has 4 nitrogen and oxygen atoms in total. The zero-order chi connectivity index (χ0) is 13.0. The molecule has 4 heteroatoms. The molecule has 96 valence electrons. The van der Waals surface area contributed by atoms with Gasteiger partial charge in [-0.3, -0.25) is 4.79 Å². The predicted octanol–water partition coefficient (Wildman–Crippen LogP) is 2.23. The summed E-state index contributed by atoms with van der Waals surface area (Å²) in [6, 6.07) is 9.56. The Morgan fingerprint density at radius 2 is 2.11 bits per heavy atom. The van der Waals surface area contributed by atoms with Gasteiger partial charge in [0.25, 0.3) is 0 Å². The fraction of sp³-hybridized carbons (Fsp3) is 0.429. The van der Waals surface area contributed by atoms with E-state index in [9.17, 15) is 9.59 Å². The summed E-state index contributed by atoms with van der Waals surface area (Å²) in [5.74, 6) is 0.144. The third kappa shape index (κ3) is 3.09. The summed E-state index contributed by atoms with van der Waals surface area (Å²) in [5, 5.41) is 0. The molecule has 1 atom stereocenters. The number of ether oxygens (including phenoxy) is 1. The van der Waals surface area contributed by atoms with E-state index >= 15 is 0 Å². The number of Topliss-reactive ketones (excluding diaryl/α,β-unsaturated/α-hetero) is 1. The van der Waals surface area contributed by atoms with E-state index in [0.717, 1.165) is 5.56 Å². The Hall–Kier alpha value is -1.84. The number of hydrogen-bond acceptors (Lipinski definition) is 3. The fourth-order valence-corrected chi connectivity index (χ4v) is 1.99. The van der Waals surface area contributed by atoms with E-state index < -0.39 is 0 Å². The molecule has 2 rings (SSSR count). The van der Waals surface area contributed by atoms with Crippen molar-refractivity contribution < 1.29 is 14.3 Å². The molecular weight excluding hydrogens is 230 g/mol. The third-order valence-corrected chi connectivity index (χ3v) is 3.14. The van der Waals surface area contributed by atoms with Crippen LogP contribution in [0.1, 0.15) is 18.9 Å². The van der Waals surface area contributed by atoms with Crippen molar-refractivity contribution in [1.29, 1.82) is 0 Å². The van der Waals surface area contributed by atoms with Crippen molar-refractivity contribution in [3.63, 3.8) is 0 Å². The summed E-state index contributed by atoms with van der Waals surface area (Å²) in [5.41, 5.74) is 0.965. The minimum Gasteiger partial charge on any atom is -0.445 e. The second kappa shape index (κ2) is 5.67. The van der Waals surface area contributed by atoms with Gasteiger partial charge in [-0.15, -0.1) is 0 Å². The van der Waals surface area contributed by atoms with Gasteiger partial charge in [0.05, 0.1) is 0 Å². The quantitative estimate of drug-likeness (QED) is 0.805. The van der Waals surface area contributed by atoms with Crippen molar-refractivity contribution in [1.82, 2.24) is 4.90 Å². The summed E-state index contributed by atoms with van der Waals surface area (Å²) >= 11 is 0. The molecule has 0 saturated carbocycles. The first-order chi connectivity index (χ1) is 8.66. The van der Waals surface area contributed by atoms with Crippen molar-refractivity contribution in [2.75, 3.05) is 13.1 Å². The minimum absolute atomic E-state index is 0.0805. The van der Waals surface area contributed by atoms with E-state index in [1.54, 1.807) is 4.90 Å². The molecule has 1 heterocycles. The van der Waals surface area contributed by atoms with Crippen molar-refractivity contribution >= 4 is 11.9 Å². The topological polar surface area (TPSA) is 46.6 Å². The largest absolute Gasteiger partial charge is 0.445 e. The van der Waals surface area contributed by atoms with Gasteiger partial charge in [-0.1, -0.05) is 37.3 Å². The molecule has 0 unspecified atom stereocenters. The first kappa shape index (κ1) is 12.6. The van der Waals surface area contributed by atoms with E-state index in [2.05, 4.69) is 0 Å². The maximum Gasteiger partial charge on any atom is 0.410 e. The van der Waals surface area contributed by atoms with E-state index in [1.165, 1.54) is 0 Å². The van der Waals surface area contributed by atoms with Crippen LogP contribution in [-0.2, 0) is 16.1 Å². The summed E-state index contributed by atoms with van der Waals surface area (Å²) in [7, 11) is 0. The van der Waals surface area contributed by atoms with Crippen LogP contribution in [0.25, 0.3) is 0 Å². The number of hydrogen-bond donors (Lipinski definition) is 0. The lowest BCUT2D eigenvalue weighted by atomic mass is 9.99. The minimum atomic E-state index is -0.335. The Bertz CT molecular complexity index is 430. The third-order valence-electron chi connectivity index (χ3n) is 3.14. The SMILES string of the molecule is C[C@@H]1CN(C(=O)OCc2ccccc2)CCC1=O. The molecule has 1 amide bonds. The van der Waals surface area contributed by atoms with E-state index in [4.69, 9.17) is 4.74 Å². The summed E-state index contributed by atoms with van der Waals surface area (Å²) in [4.78, 5) is 24.8. The smallest absolute Gasteiger partial charge is 0.410 e. The number of piperidine rings is 1. The first-order valence-electron chi connectivity index (χ1n) is 6.15. The Kier molecular flexibility index (Phi) is 3.97. The van der Waals surface area contributed by atoms with Gasteiger partial charge in [-0.2, -0.15) is 0 Å².